The zero-order chi connectivity index (χ0) is 15.4. The molecule has 0 spiro atoms. The van der Waals surface area contributed by atoms with Crippen LogP contribution in [0.1, 0.15) is 22.8 Å². The number of anilines is 1. The van der Waals surface area contributed by atoms with E-state index in [-0.39, 0.29) is 5.91 Å². The summed E-state index contributed by atoms with van der Waals surface area (Å²) in [6.07, 6.45) is 0. The van der Waals surface area contributed by atoms with Gasteiger partial charge in [0.25, 0.3) is 5.91 Å². The highest BCUT2D eigenvalue weighted by molar-refractivity contribution is 9.10. The van der Waals surface area contributed by atoms with Gasteiger partial charge in [0.05, 0.1) is 5.69 Å². The van der Waals surface area contributed by atoms with E-state index in [2.05, 4.69) is 21.2 Å². The Balaban J connectivity index is 2.25. The molecule has 110 valence electrons. The van der Waals surface area contributed by atoms with Crippen molar-refractivity contribution in [3.63, 3.8) is 0 Å². The largest absolute Gasteiger partial charge is 0.455 e. The minimum atomic E-state index is -0.144. The Bertz CT molecular complexity index is 671. The van der Waals surface area contributed by atoms with Gasteiger partial charge in [-0.15, -0.1) is 0 Å². The van der Waals surface area contributed by atoms with Crippen LogP contribution in [0, 0.1) is 6.92 Å². The molecule has 0 fully saturated rings. The standard InChI is InChI=1S/C16H17BrN2O2/c1-3-19-16(20)11-5-7-14(13(18)8-11)21-15-9-12(17)6-4-10(15)2/h4-9H,3,18H2,1-2H3,(H,19,20). The highest BCUT2D eigenvalue weighted by Crippen LogP contribution is 2.32. The van der Waals surface area contributed by atoms with Crippen molar-refractivity contribution in [2.24, 2.45) is 0 Å². The summed E-state index contributed by atoms with van der Waals surface area (Å²) in [6, 6.07) is 10.8. The molecule has 4 nitrogen and oxygen atoms in total. The minimum Gasteiger partial charge on any atom is -0.455 e. The zero-order valence-corrected chi connectivity index (χ0v) is 13.5. The van der Waals surface area contributed by atoms with Crippen molar-refractivity contribution >= 4 is 27.5 Å². The average Bonchev–Trinajstić information content (AvgIpc) is 2.45. The number of nitrogens with one attached hydrogen (secondary N) is 1. The van der Waals surface area contributed by atoms with Gasteiger partial charge in [-0.2, -0.15) is 0 Å². The van der Waals surface area contributed by atoms with Gasteiger partial charge < -0.3 is 15.8 Å². The SMILES string of the molecule is CCNC(=O)c1ccc(Oc2cc(Br)ccc2C)c(N)c1. The van der Waals surface area contributed by atoms with Gasteiger partial charge in [0.1, 0.15) is 11.5 Å². The first-order valence-corrected chi connectivity index (χ1v) is 7.42. The first-order valence-electron chi connectivity index (χ1n) is 6.63. The Labute approximate surface area is 132 Å². The number of hydrogen-bond donors (Lipinski definition) is 2. The molecular formula is C16H17BrN2O2. The van der Waals surface area contributed by atoms with E-state index < -0.39 is 0 Å². The Hall–Kier alpha value is -2.01. The van der Waals surface area contributed by atoms with Crippen LogP contribution in [0.25, 0.3) is 0 Å². The van der Waals surface area contributed by atoms with Crippen molar-refractivity contribution in [1.29, 1.82) is 0 Å². The molecular weight excluding hydrogens is 332 g/mol. The van der Waals surface area contributed by atoms with Crippen LogP contribution < -0.4 is 15.8 Å². The molecule has 0 heterocycles. The molecule has 21 heavy (non-hydrogen) atoms. The van der Waals surface area contributed by atoms with Crippen molar-refractivity contribution in [3.05, 3.63) is 52.0 Å². The third kappa shape index (κ3) is 3.76. The highest BCUT2D eigenvalue weighted by atomic mass is 79.9. The molecule has 0 saturated carbocycles. The quantitative estimate of drug-likeness (QED) is 0.824. The number of carbonyl (C=O) groups is 1. The Morgan fingerprint density at radius 1 is 1.24 bits per heavy atom. The second-order valence-corrected chi connectivity index (χ2v) is 5.54. The lowest BCUT2D eigenvalue weighted by atomic mass is 10.1. The maximum atomic E-state index is 11.8. The van der Waals surface area contributed by atoms with E-state index in [4.69, 9.17) is 10.5 Å². The number of hydrogen-bond acceptors (Lipinski definition) is 3. The fraction of sp³-hybridized carbons (Fsp3) is 0.188. The smallest absolute Gasteiger partial charge is 0.251 e. The Morgan fingerprint density at radius 3 is 2.67 bits per heavy atom. The topological polar surface area (TPSA) is 64.3 Å². The lowest BCUT2D eigenvalue weighted by Gasteiger charge is -2.12. The monoisotopic (exact) mass is 348 g/mol. The van der Waals surface area contributed by atoms with Crippen LogP contribution in [0.5, 0.6) is 11.5 Å². The summed E-state index contributed by atoms with van der Waals surface area (Å²) < 4.78 is 6.76. The van der Waals surface area contributed by atoms with E-state index in [1.165, 1.54) is 0 Å². The van der Waals surface area contributed by atoms with E-state index in [9.17, 15) is 4.79 Å². The van der Waals surface area contributed by atoms with Gasteiger partial charge in [0, 0.05) is 16.6 Å². The van der Waals surface area contributed by atoms with E-state index >= 15 is 0 Å². The van der Waals surface area contributed by atoms with Gasteiger partial charge in [-0.25, -0.2) is 0 Å². The molecule has 2 aromatic rings. The summed E-state index contributed by atoms with van der Waals surface area (Å²) in [5, 5.41) is 2.73. The second-order valence-electron chi connectivity index (χ2n) is 4.62. The summed E-state index contributed by atoms with van der Waals surface area (Å²) >= 11 is 3.41. The van der Waals surface area contributed by atoms with Gasteiger partial charge in [0.2, 0.25) is 0 Å². The van der Waals surface area contributed by atoms with Crippen molar-refractivity contribution in [2.75, 3.05) is 12.3 Å². The van der Waals surface area contributed by atoms with E-state index in [0.29, 0.717) is 23.5 Å². The van der Waals surface area contributed by atoms with Crippen molar-refractivity contribution < 1.29 is 9.53 Å². The van der Waals surface area contributed by atoms with Gasteiger partial charge in [0.15, 0.2) is 0 Å². The summed E-state index contributed by atoms with van der Waals surface area (Å²) in [5.41, 5.74) is 7.93. The third-order valence-corrected chi connectivity index (χ3v) is 3.47. The van der Waals surface area contributed by atoms with Gasteiger partial charge in [-0.05, 0) is 49.7 Å². The van der Waals surface area contributed by atoms with Crippen LogP contribution in [-0.2, 0) is 0 Å². The van der Waals surface area contributed by atoms with E-state index in [0.717, 1.165) is 15.8 Å². The van der Waals surface area contributed by atoms with Crippen LogP contribution in [0.2, 0.25) is 0 Å². The molecule has 0 atom stereocenters. The fourth-order valence-corrected chi connectivity index (χ4v) is 2.19. The predicted molar refractivity (Wildman–Crippen MR) is 87.8 cm³/mol. The lowest BCUT2D eigenvalue weighted by molar-refractivity contribution is 0.0956. The molecule has 0 bridgehead atoms. The molecule has 0 aliphatic carbocycles. The number of halogens is 1. The van der Waals surface area contributed by atoms with Crippen molar-refractivity contribution in [2.45, 2.75) is 13.8 Å². The highest BCUT2D eigenvalue weighted by Gasteiger charge is 2.10. The number of amides is 1. The lowest BCUT2D eigenvalue weighted by Crippen LogP contribution is -2.22. The number of nitrogen functional groups attached to an aromatic ring is 1. The molecule has 0 aliphatic rings. The molecule has 1 amide bonds. The maximum Gasteiger partial charge on any atom is 0.251 e. The summed E-state index contributed by atoms with van der Waals surface area (Å²) in [5.74, 6) is 1.11. The molecule has 0 aromatic heterocycles. The molecule has 5 heteroatoms. The number of ether oxygens (including phenoxy) is 1. The zero-order valence-electron chi connectivity index (χ0n) is 11.9. The van der Waals surface area contributed by atoms with Crippen LogP contribution in [-0.4, -0.2) is 12.5 Å². The van der Waals surface area contributed by atoms with E-state index in [1.807, 2.05) is 32.0 Å². The molecule has 0 radical (unpaired) electrons. The Morgan fingerprint density at radius 2 is 2.00 bits per heavy atom. The van der Waals surface area contributed by atoms with Crippen LogP contribution in [0.4, 0.5) is 5.69 Å². The van der Waals surface area contributed by atoms with Crippen LogP contribution >= 0.6 is 15.9 Å². The van der Waals surface area contributed by atoms with Crippen LogP contribution in [0.15, 0.2) is 40.9 Å². The summed E-state index contributed by atoms with van der Waals surface area (Å²) in [7, 11) is 0. The fourth-order valence-electron chi connectivity index (χ4n) is 1.85. The van der Waals surface area contributed by atoms with Crippen LogP contribution in [0.3, 0.4) is 0 Å². The van der Waals surface area contributed by atoms with Gasteiger partial charge in [-0.1, -0.05) is 22.0 Å². The maximum absolute atomic E-state index is 11.8. The number of aryl methyl sites for hydroxylation is 1. The Kier molecular flexibility index (Phi) is 4.85. The first kappa shape index (κ1) is 15.4. The van der Waals surface area contributed by atoms with Crippen molar-refractivity contribution in [3.8, 4) is 11.5 Å². The predicted octanol–water partition coefficient (Wildman–Crippen LogP) is 3.88. The molecule has 0 unspecified atom stereocenters. The average molecular weight is 349 g/mol. The van der Waals surface area contributed by atoms with E-state index in [1.54, 1.807) is 18.2 Å². The summed E-state index contributed by atoms with van der Waals surface area (Å²) in [6.45, 7) is 4.41. The minimum absolute atomic E-state index is 0.144. The third-order valence-electron chi connectivity index (χ3n) is 2.98. The normalized spacial score (nSPS) is 10.2. The molecule has 0 saturated heterocycles. The number of benzene rings is 2. The number of nitrogens with two attached hydrogens (primary N) is 1. The van der Waals surface area contributed by atoms with Gasteiger partial charge in [-0.3, -0.25) is 4.79 Å². The second kappa shape index (κ2) is 6.63. The molecule has 2 rings (SSSR count). The molecule has 0 aliphatic heterocycles. The number of rotatable bonds is 4. The molecule has 3 N–H and O–H groups in total. The van der Waals surface area contributed by atoms with Gasteiger partial charge >= 0.3 is 0 Å². The first-order chi connectivity index (χ1) is 10.0. The number of carbonyl (C=O) groups excluding carboxylic acids is 1. The van der Waals surface area contributed by atoms with Crippen molar-refractivity contribution in [1.82, 2.24) is 5.32 Å². The molecule has 2 aromatic carbocycles. The summed E-state index contributed by atoms with van der Waals surface area (Å²) in [4.78, 5) is 11.8.